The van der Waals surface area contributed by atoms with Gasteiger partial charge in [0.25, 0.3) is 0 Å². The van der Waals surface area contributed by atoms with Crippen LogP contribution in [0.2, 0.25) is 0 Å². The van der Waals surface area contributed by atoms with Crippen LogP contribution in [0.4, 0.5) is 22.0 Å². The van der Waals surface area contributed by atoms with Crippen molar-refractivity contribution in [3.05, 3.63) is 76.6 Å². The Kier molecular flexibility index (Phi) is 7.48. The van der Waals surface area contributed by atoms with Gasteiger partial charge >= 0.3 is 6.11 Å². The summed E-state index contributed by atoms with van der Waals surface area (Å²) in [5.41, 5.74) is -2.12. The van der Waals surface area contributed by atoms with E-state index in [1.54, 1.807) is 0 Å². The first-order valence-corrected chi connectivity index (χ1v) is 9.91. The predicted molar refractivity (Wildman–Crippen MR) is 104 cm³/mol. The molecule has 9 heteroatoms. The van der Waals surface area contributed by atoms with Gasteiger partial charge in [-0.1, -0.05) is 25.5 Å². The van der Waals surface area contributed by atoms with Crippen LogP contribution in [0, 0.1) is 34.7 Å². The smallest absolute Gasteiger partial charge is 0.429 e. The third kappa shape index (κ3) is 5.44. The third-order valence-electron chi connectivity index (χ3n) is 4.72. The summed E-state index contributed by atoms with van der Waals surface area (Å²) in [5.74, 6) is -4.97. The summed E-state index contributed by atoms with van der Waals surface area (Å²) >= 11 is 0. The average molecular weight is 453 g/mol. The number of benzene rings is 2. The summed E-state index contributed by atoms with van der Waals surface area (Å²) in [6, 6.07) is 5.24. The Bertz CT molecular complexity index is 1000. The van der Waals surface area contributed by atoms with Gasteiger partial charge < -0.3 is 14.2 Å². The van der Waals surface area contributed by atoms with Gasteiger partial charge in [-0.05, 0) is 30.7 Å². The number of hydrogen-bond acceptors (Lipinski definition) is 4. The zero-order chi connectivity index (χ0) is 23.3. The molecule has 2 aromatic carbocycles. The molecule has 0 unspecified atom stereocenters. The van der Waals surface area contributed by atoms with Crippen LogP contribution in [-0.2, 0) is 15.6 Å². The van der Waals surface area contributed by atoms with Gasteiger partial charge in [0.1, 0.15) is 34.8 Å². The first-order valence-electron chi connectivity index (χ1n) is 9.91. The Hall–Kier alpha value is -2.96. The molecule has 1 aliphatic heterocycles. The van der Waals surface area contributed by atoms with E-state index in [0.717, 1.165) is 25.0 Å². The number of unbranched alkanes of at least 4 members (excludes halogenated alkanes) is 1. The Labute approximate surface area is 181 Å². The van der Waals surface area contributed by atoms with Gasteiger partial charge in [0, 0.05) is 17.5 Å². The molecular weight excluding hydrogens is 433 g/mol. The fraction of sp³-hybridized carbons (Fsp3) is 0.348. The van der Waals surface area contributed by atoms with Crippen molar-refractivity contribution in [1.82, 2.24) is 0 Å². The lowest BCUT2D eigenvalue weighted by Gasteiger charge is -2.28. The van der Waals surface area contributed by atoms with Crippen molar-refractivity contribution >= 4 is 0 Å². The maximum atomic E-state index is 14.5. The van der Waals surface area contributed by atoms with Crippen LogP contribution >= 0.6 is 0 Å². The maximum Gasteiger partial charge on any atom is 0.432 e. The topological polar surface area (TPSA) is 51.5 Å². The molecule has 0 bridgehead atoms. The monoisotopic (exact) mass is 453 g/mol. The van der Waals surface area contributed by atoms with Crippen LogP contribution in [0.3, 0.4) is 0 Å². The summed E-state index contributed by atoms with van der Waals surface area (Å²) < 4.78 is 86.9. The Balaban J connectivity index is 1.75. The molecule has 0 aromatic heterocycles. The summed E-state index contributed by atoms with van der Waals surface area (Å²) in [6.45, 7) is 2.54. The molecule has 1 saturated heterocycles. The lowest BCUT2D eigenvalue weighted by Crippen LogP contribution is -2.28. The fourth-order valence-electron chi connectivity index (χ4n) is 3.13. The molecule has 2 aromatic rings. The fourth-order valence-corrected chi connectivity index (χ4v) is 3.13. The average Bonchev–Trinajstić information content (AvgIpc) is 2.73. The van der Waals surface area contributed by atoms with Crippen molar-refractivity contribution in [2.24, 2.45) is 5.92 Å². The third-order valence-corrected chi connectivity index (χ3v) is 4.72. The zero-order valence-corrected chi connectivity index (χ0v) is 17.1. The molecule has 170 valence electrons. The molecule has 1 heterocycles. The number of halogens is 5. The van der Waals surface area contributed by atoms with Gasteiger partial charge in [0.2, 0.25) is 0 Å². The highest BCUT2D eigenvalue weighted by Gasteiger charge is 2.42. The summed E-state index contributed by atoms with van der Waals surface area (Å²) in [4.78, 5) is 0. The van der Waals surface area contributed by atoms with E-state index in [1.807, 2.05) is 19.1 Å². The lowest BCUT2D eigenvalue weighted by molar-refractivity contribution is -0.198. The molecule has 0 aliphatic carbocycles. The molecule has 1 fully saturated rings. The Morgan fingerprint density at radius 3 is 2.31 bits per heavy atom. The maximum absolute atomic E-state index is 14.5. The van der Waals surface area contributed by atoms with E-state index in [1.165, 1.54) is 6.07 Å². The lowest BCUT2D eigenvalue weighted by atomic mass is 10.1. The van der Waals surface area contributed by atoms with Crippen molar-refractivity contribution < 1.29 is 36.2 Å². The van der Waals surface area contributed by atoms with Crippen molar-refractivity contribution in [2.45, 2.75) is 32.2 Å². The van der Waals surface area contributed by atoms with Gasteiger partial charge in [0.05, 0.1) is 18.8 Å². The Morgan fingerprint density at radius 1 is 1.09 bits per heavy atom. The highest BCUT2D eigenvalue weighted by Crippen LogP contribution is 2.37. The minimum Gasteiger partial charge on any atom is -0.429 e. The number of alkyl halides is 2. The quantitative estimate of drug-likeness (QED) is 0.374. The molecule has 0 spiro atoms. The first kappa shape index (κ1) is 23.7. The highest BCUT2D eigenvalue weighted by atomic mass is 19.3. The van der Waals surface area contributed by atoms with E-state index in [4.69, 9.17) is 14.7 Å². The number of allylic oxidation sites excluding steroid dienone is 1. The molecule has 0 amide bonds. The van der Waals surface area contributed by atoms with Crippen LogP contribution in [0.5, 0.6) is 5.75 Å². The van der Waals surface area contributed by atoms with Gasteiger partial charge in [-0.2, -0.15) is 14.0 Å². The molecule has 32 heavy (non-hydrogen) atoms. The predicted octanol–water partition coefficient (Wildman–Crippen LogP) is 6.12. The molecule has 0 saturated carbocycles. The molecule has 3 rings (SSSR count). The van der Waals surface area contributed by atoms with E-state index < -0.39 is 46.7 Å². The second kappa shape index (κ2) is 10.1. The van der Waals surface area contributed by atoms with E-state index in [0.29, 0.717) is 18.2 Å². The molecule has 0 N–H and O–H groups in total. The number of nitriles is 1. The van der Waals surface area contributed by atoms with E-state index >= 15 is 0 Å². The van der Waals surface area contributed by atoms with Gasteiger partial charge in [-0.15, -0.1) is 0 Å². The van der Waals surface area contributed by atoms with Gasteiger partial charge in [0.15, 0.2) is 6.29 Å². The summed E-state index contributed by atoms with van der Waals surface area (Å²) in [5, 5.41) is 8.69. The van der Waals surface area contributed by atoms with Crippen LogP contribution in [0.25, 0.3) is 0 Å². The standard InChI is InChI=1S/C23H20F5NO3/c1-2-3-4-5-14-12-30-22(31-13-14)16-8-19(25)21(20(26)9-16)23(27,28)32-17-7-6-15(11-29)18(24)10-17/h4-10,14,22H,2-3,12-13H2,1H3. The largest absolute Gasteiger partial charge is 0.432 e. The normalized spacial score (nSPS) is 19.2. The SMILES string of the molecule is CCCC=CC1COC(c2cc(F)c(C(F)(F)Oc3ccc(C#N)c(F)c3)c(F)c2)OC1. The van der Waals surface area contributed by atoms with Gasteiger partial charge in [-0.25, -0.2) is 13.2 Å². The van der Waals surface area contributed by atoms with Crippen molar-refractivity contribution in [1.29, 1.82) is 5.26 Å². The van der Waals surface area contributed by atoms with Gasteiger partial charge in [-0.3, -0.25) is 0 Å². The number of nitrogens with zero attached hydrogens (tertiary/aromatic N) is 1. The van der Waals surface area contributed by atoms with Crippen LogP contribution < -0.4 is 4.74 Å². The van der Waals surface area contributed by atoms with E-state index in [-0.39, 0.29) is 24.7 Å². The molecule has 4 nitrogen and oxygen atoms in total. The van der Waals surface area contributed by atoms with Crippen LogP contribution in [-0.4, -0.2) is 13.2 Å². The summed E-state index contributed by atoms with van der Waals surface area (Å²) in [6.07, 6.45) is 0.278. The van der Waals surface area contributed by atoms with Crippen LogP contribution in [0.1, 0.15) is 42.7 Å². The summed E-state index contributed by atoms with van der Waals surface area (Å²) in [7, 11) is 0. The molecule has 0 atom stereocenters. The minimum atomic E-state index is -4.45. The first-order chi connectivity index (χ1) is 15.2. The zero-order valence-electron chi connectivity index (χ0n) is 17.1. The minimum absolute atomic E-state index is 0.0164. The van der Waals surface area contributed by atoms with Crippen molar-refractivity contribution in [2.75, 3.05) is 13.2 Å². The Morgan fingerprint density at radius 2 is 1.75 bits per heavy atom. The molecule has 0 radical (unpaired) electrons. The van der Waals surface area contributed by atoms with E-state index in [2.05, 4.69) is 4.74 Å². The number of rotatable bonds is 7. The number of hydrogen-bond donors (Lipinski definition) is 0. The second-order valence-corrected chi connectivity index (χ2v) is 7.21. The highest BCUT2D eigenvalue weighted by molar-refractivity contribution is 5.37. The van der Waals surface area contributed by atoms with Crippen LogP contribution in [0.15, 0.2) is 42.5 Å². The molecular formula is C23H20F5NO3. The van der Waals surface area contributed by atoms with E-state index in [9.17, 15) is 22.0 Å². The van der Waals surface area contributed by atoms with Crippen molar-refractivity contribution in [3.63, 3.8) is 0 Å². The van der Waals surface area contributed by atoms with Crippen molar-refractivity contribution in [3.8, 4) is 11.8 Å². The number of ether oxygens (including phenoxy) is 3. The second-order valence-electron chi connectivity index (χ2n) is 7.21. The molecule has 1 aliphatic rings.